The van der Waals surface area contributed by atoms with Gasteiger partial charge in [-0.25, -0.2) is 0 Å². The Bertz CT molecular complexity index is 125. The fraction of sp³-hybridized carbons (Fsp3) is 1.00. The molecule has 0 aromatic carbocycles. The van der Waals surface area contributed by atoms with Crippen LogP contribution in [0.1, 0.15) is 39.5 Å². The second-order valence-corrected chi connectivity index (χ2v) is 4.13. The van der Waals surface area contributed by atoms with Gasteiger partial charge in [0, 0.05) is 12.6 Å². The van der Waals surface area contributed by atoms with Gasteiger partial charge in [-0.15, -0.1) is 0 Å². The van der Waals surface area contributed by atoms with Gasteiger partial charge >= 0.3 is 0 Å². The van der Waals surface area contributed by atoms with Gasteiger partial charge in [0.05, 0.1) is 6.10 Å². The van der Waals surface area contributed by atoms with E-state index in [1.165, 1.54) is 25.7 Å². The molecule has 0 heterocycles. The Hall–Kier alpha value is -0.0800. The Labute approximate surface area is 75.4 Å². The third kappa shape index (κ3) is 3.11. The summed E-state index contributed by atoms with van der Waals surface area (Å²) in [6.07, 6.45) is 5.15. The highest BCUT2D eigenvalue weighted by Crippen LogP contribution is 2.23. The molecule has 0 aromatic heterocycles. The number of nitrogens with one attached hydrogen (secondary N) is 1. The molecule has 72 valence electrons. The molecule has 0 saturated heterocycles. The molecular formula is C10H21NO. The monoisotopic (exact) mass is 171 g/mol. The quantitative estimate of drug-likeness (QED) is 0.675. The van der Waals surface area contributed by atoms with Gasteiger partial charge in [-0.3, -0.25) is 0 Å². The predicted octanol–water partition coefficient (Wildman–Crippen LogP) is 1.54. The average molecular weight is 171 g/mol. The molecule has 2 N–H and O–H groups in total. The number of aliphatic hydroxyl groups is 1. The van der Waals surface area contributed by atoms with E-state index in [-0.39, 0.29) is 6.10 Å². The van der Waals surface area contributed by atoms with E-state index in [1.54, 1.807) is 0 Å². The highest BCUT2D eigenvalue weighted by Gasteiger charge is 2.20. The number of hydrogen-bond donors (Lipinski definition) is 2. The third-order valence-electron chi connectivity index (χ3n) is 2.79. The second kappa shape index (κ2) is 4.83. The van der Waals surface area contributed by atoms with Crippen molar-refractivity contribution in [2.45, 2.75) is 51.7 Å². The van der Waals surface area contributed by atoms with E-state index in [1.807, 2.05) is 6.92 Å². The van der Waals surface area contributed by atoms with E-state index in [0.717, 1.165) is 12.5 Å². The Kier molecular flexibility index (Phi) is 4.02. The van der Waals surface area contributed by atoms with Crippen molar-refractivity contribution in [3.05, 3.63) is 0 Å². The molecular weight excluding hydrogens is 150 g/mol. The minimum atomic E-state index is -0.209. The van der Waals surface area contributed by atoms with Gasteiger partial charge in [-0.1, -0.05) is 19.8 Å². The first-order valence-electron chi connectivity index (χ1n) is 5.11. The van der Waals surface area contributed by atoms with Crippen LogP contribution in [0.25, 0.3) is 0 Å². The lowest BCUT2D eigenvalue weighted by Crippen LogP contribution is -2.40. The van der Waals surface area contributed by atoms with Crippen LogP contribution in [0.4, 0.5) is 0 Å². The predicted molar refractivity (Wildman–Crippen MR) is 51.1 cm³/mol. The van der Waals surface area contributed by atoms with Gasteiger partial charge in [0.15, 0.2) is 0 Å². The molecule has 0 aliphatic heterocycles. The fourth-order valence-electron chi connectivity index (χ4n) is 1.94. The van der Waals surface area contributed by atoms with Crippen LogP contribution in [0.5, 0.6) is 0 Å². The fourth-order valence-corrected chi connectivity index (χ4v) is 1.94. The molecule has 0 spiro atoms. The number of rotatable bonds is 3. The molecule has 0 aromatic rings. The van der Waals surface area contributed by atoms with E-state index < -0.39 is 0 Å². The van der Waals surface area contributed by atoms with Crippen LogP contribution in [0, 0.1) is 5.92 Å². The molecule has 2 nitrogen and oxygen atoms in total. The van der Waals surface area contributed by atoms with E-state index in [9.17, 15) is 0 Å². The lowest BCUT2D eigenvalue weighted by molar-refractivity contribution is 0.172. The standard InChI is InChI=1S/C10H21NO/c1-8-5-3-4-6-10(8)11-7-9(2)12/h8-12H,3-7H2,1-2H3/t8?,9-,10?/m0/s1. The highest BCUT2D eigenvalue weighted by atomic mass is 16.3. The zero-order chi connectivity index (χ0) is 8.97. The van der Waals surface area contributed by atoms with E-state index in [0.29, 0.717) is 6.04 Å². The maximum atomic E-state index is 9.11. The maximum absolute atomic E-state index is 9.11. The summed E-state index contributed by atoms with van der Waals surface area (Å²) in [5.41, 5.74) is 0. The van der Waals surface area contributed by atoms with Crippen LogP contribution in [0.3, 0.4) is 0 Å². The first-order valence-corrected chi connectivity index (χ1v) is 5.11. The van der Waals surface area contributed by atoms with Gasteiger partial charge in [0.1, 0.15) is 0 Å². The Morgan fingerprint density at radius 3 is 2.67 bits per heavy atom. The molecule has 1 saturated carbocycles. The molecule has 1 aliphatic carbocycles. The van der Waals surface area contributed by atoms with Crippen molar-refractivity contribution in [1.29, 1.82) is 0 Å². The van der Waals surface area contributed by atoms with Gasteiger partial charge in [0.25, 0.3) is 0 Å². The van der Waals surface area contributed by atoms with Gasteiger partial charge in [-0.2, -0.15) is 0 Å². The summed E-state index contributed by atoms with van der Waals surface area (Å²) in [4.78, 5) is 0. The summed E-state index contributed by atoms with van der Waals surface area (Å²) in [5, 5.41) is 12.5. The van der Waals surface area contributed by atoms with Crippen LogP contribution in [0.2, 0.25) is 0 Å². The molecule has 1 fully saturated rings. The van der Waals surface area contributed by atoms with Crippen molar-refractivity contribution in [1.82, 2.24) is 5.32 Å². The minimum Gasteiger partial charge on any atom is -0.392 e. The summed E-state index contributed by atoms with van der Waals surface area (Å²) in [5.74, 6) is 0.789. The van der Waals surface area contributed by atoms with E-state index in [4.69, 9.17) is 5.11 Å². The van der Waals surface area contributed by atoms with Crippen LogP contribution < -0.4 is 5.32 Å². The van der Waals surface area contributed by atoms with Gasteiger partial charge in [0.2, 0.25) is 0 Å². The molecule has 3 atom stereocenters. The van der Waals surface area contributed by atoms with Crippen LogP contribution in [-0.2, 0) is 0 Å². The van der Waals surface area contributed by atoms with Gasteiger partial charge in [-0.05, 0) is 25.7 Å². The van der Waals surface area contributed by atoms with Crippen molar-refractivity contribution >= 4 is 0 Å². The summed E-state index contributed by atoms with van der Waals surface area (Å²) in [6, 6.07) is 0.647. The molecule has 0 bridgehead atoms. The third-order valence-corrected chi connectivity index (χ3v) is 2.79. The van der Waals surface area contributed by atoms with E-state index >= 15 is 0 Å². The summed E-state index contributed by atoms with van der Waals surface area (Å²) in [6.45, 7) is 4.88. The van der Waals surface area contributed by atoms with E-state index in [2.05, 4.69) is 12.2 Å². The van der Waals surface area contributed by atoms with Crippen LogP contribution in [-0.4, -0.2) is 23.8 Å². The maximum Gasteiger partial charge on any atom is 0.0636 e. The smallest absolute Gasteiger partial charge is 0.0636 e. The molecule has 0 amide bonds. The molecule has 2 unspecified atom stereocenters. The Balaban J connectivity index is 2.20. The van der Waals surface area contributed by atoms with Crippen molar-refractivity contribution in [3.63, 3.8) is 0 Å². The second-order valence-electron chi connectivity index (χ2n) is 4.13. The zero-order valence-corrected chi connectivity index (χ0v) is 8.21. The summed E-state index contributed by atoms with van der Waals surface area (Å²) >= 11 is 0. The lowest BCUT2D eigenvalue weighted by atomic mass is 9.86. The largest absolute Gasteiger partial charge is 0.392 e. The first-order chi connectivity index (χ1) is 5.70. The number of aliphatic hydroxyl groups excluding tert-OH is 1. The zero-order valence-electron chi connectivity index (χ0n) is 8.21. The SMILES string of the molecule is CC1CCCCC1NC[C@H](C)O. The topological polar surface area (TPSA) is 32.3 Å². The lowest BCUT2D eigenvalue weighted by Gasteiger charge is -2.30. The van der Waals surface area contributed by atoms with Crippen molar-refractivity contribution in [2.24, 2.45) is 5.92 Å². The molecule has 1 rings (SSSR count). The first kappa shape index (κ1) is 10.0. The minimum absolute atomic E-state index is 0.209. The van der Waals surface area contributed by atoms with Crippen molar-refractivity contribution in [2.75, 3.05) is 6.54 Å². The molecule has 2 heteroatoms. The Morgan fingerprint density at radius 1 is 1.42 bits per heavy atom. The Morgan fingerprint density at radius 2 is 2.08 bits per heavy atom. The molecule has 12 heavy (non-hydrogen) atoms. The van der Waals surface area contributed by atoms with Crippen LogP contribution in [0.15, 0.2) is 0 Å². The highest BCUT2D eigenvalue weighted by molar-refractivity contribution is 4.78. The summed E-state index contributed by atoms with van der Waals surface area (Å²) in [7, 11) is 0. The number of hydrogen-bond acceptors (Lipinski definition) is 2. The summed E-state index contributed by atoms with van der Waals surface area (Å²) < 4.78 is 0. The average Bonchev–Trinajstić information content (AvgIpc) is 2.03. The molecule has 0 radical (unpaired) electrons. The van der Waals surface area contributed by atoms with Gasteiger partial charge < -0.3 is 10.4 Å². The van der Waals surface area contributed by atoms with Crippen molar-refractivity contribution < 1.29 is 5.11 Å². The van der Waals surface area contributed by atoms with Crippen LogP contribution >= 0.6 is 0 Å². The normalized spacial score (nSPS) is 33.2. The molecule has 1 aliphatic rings. The van der Waals surface area contributed by atoms with Crippen molar-refractivity contribution in [3.8, 4) is 0 Å².